The third-order valence-electron chi connectivity index (χ3n) is 4.53. The smallest absolute Gasteiger partial charge is 0.0358 e. The lowest BCUT2D eigenvalue weighted by atomic mass is 9.69. The van der Waals surface area contributed by atoms with Crippen molar-refractivity contribution < 1.29 is 0 Å². The average molecular weight is 180 g/mol. The number of hydrogen-bond acceptors (Lipinski definition) is 0. The second-order valence-electron chi connectivity index (χ2n) is 5.60. The maximum Gasteiger partial charge on any atom is -0.0358 e. The fourth-order valence-electron chi connectivity index (χ4n) is 3.62. The van der Waals surface area contributed by atoms with Crippen LogP contribution >= 0.6 is 0 Å². The Morgan fingerprint density at radius 3 is 2.23 bits per heavy atom. The van der Waals surface area contributed by atoms with Crippen molar-refractivity contribution in [2.45, 2.75) is 58.8 Å². The predicted molar refractivity (Wildman–Crippen MR) is 57.6 cm³/mol. The molecule has 0 radical (unpaired) electrons. The van der Waals surface area contributed by atoms with E-state index in [2.05, 4.69) is 13.8 Å². The Kier molecular flexibility index (Phi) is 2.96. The summed E-state index contributed by atoms with van der Waals surface area (Å²) in [5.74, 6) is 4.24. The first kappa shape index (κ1) is 9.55. The molecule has 2 aliphatic rings. The van der Waals surface area contributed by atoms with Gasteiger partial charge >= 0.3 is 0 Å². The molecule has 0 spiro atoms. The van der Waals surface area contributed by atoms with Crippen LogP contribution in [0.4, 0.5) is 0 Å². The minimum Gasteiger partial charge on any atom is -0.0625 e. The molecule has 0 aliphatic heterocycles. The molecule has 2 fully saturated rings. The lowest BCUT2D eigenvalue weighted by Gasteiger charge is -2.36. The van der Waals surface area contributed by atoms with Crippen molar-refractivity contribution in [3.05, 3.63) is 0 Å². The van der Waals surface area contributed by atoms with Crippen LogP contribution in [0.25, 0.3) is 0 Å². The SMILES string of the molecule is CC1CCC(C)C(C2CCCC2)C1. The first-order valence-electron chi connectivity index (χ1n) is 6.27. The van der Waals surface area contributed by atoms with Gasteiger partial charge in [0.1, 0.15) is 0 Å². The molecule has 13 heavy (non-hydrogen) atoms. The highest BCUT2D eigenvalue weighted by molar-refractivity contribution is 4.83. The lowest BCUT2D eigenvalue weighted by molar-refractivity contribution is 0.140. The van der Waals surface area contributed by atoms with E-state index in [1.54, 1.807) is 12.8 Å². The van der Waals surface area contributed by atoms with Gasteiger partial charge < -0.3 is 0 Å². The van der Waals surface area contributed by atoms with Crippen LogP contribution in [0.5, 0.6) is 0 Å². The summed E-state index contributed by atoms with van der Waals surface area (Å²) in [5.41, 5.74) is 0. The zero-order chi connectivity index (χ0) is 9.26. The zero-order valence-electron chi connectivity index (χ0n) is 9.26. The van der Waals surface area contributed by atoms with E-state index in [4.69, 9.17) is 0 Å². The molecule has 0 saturated heterocycles. The molecule has 3 unspecified atom stereocenters. The summed E-state index contributed by atoms with van der Waals surface area (Å²) in [6.45, 7) is 4.95. The molecule has 0 nitrogen and oxygen atoms in total. The Bertz CT molecular complexity index is 155. The van der Waals surface area contributed by atoms with Gasteiger partial charge in [-0.1, -0.05) is 52.4 Å². The molecule has 0 heterocycles. The Labute approximate surface area is 83.1 Å². The summed E-state index contributed by atoms with van der Waals surface area (Å²) in [7, 11) is 0. The van der Waals surface area contributed by atoms with Crippen molar-refractivity contribution in [1.29, 1.82) is 0 Å². The zero-order valence-corrected chi connectivity index (χ0v) is 9.26. The Hall–Kier alpha value is 0. The van der Waals surface area contributed by atoms with Crippen molar-refractivity contribution in [1.82, 2.24) is 0 Å². The number of hydrogen-bond donors (Lipinski definition) is 0. The van der Waals surface area contributed by atoms with Crippen LogP contribution in [0.3, 0.4) is 0 Å². The van der Waals surface area contributed by atoms with E-state index in [9.17, 15) is 0 Å². The first-order chi connectivity index (χ1) is 6.27. The molecule has 2 aliphatic carbocycles. The largest absolute Gasteiger partial charge is 0.0625 e. The van der Waals surface area contributed by atoms with Gasteiger partial charge in [-0.2, -0.15) is 0 Å². The van der Waals surface area contributed by atoms with Gasteiger partial charge in [-0.25, -0.2) is 0 Å². The van der Waals surface area contributed by atoms with Gasteiger partial charge in [0.05, 0.1) is 0 Å². The molecule has 0 amide bonds. The van der Waals surface area contributed by atoms with Gasteiger partial charge in [0.2, 0.25) is 0 Å². The van der Waals surface area contributed by atoms with E-state index in [1.807, 2.05) is 0 Å². The van der Waals surface area contributed by atoms with E-state index in [-0.39, 0.29) is 0 Å². The van der Waals surface area contributed by atoms with Crippen LogP contribution < -0.4 is 0 Å². The fourth-order valence-corrected chi connectivity index (χ4v) is 3.62. The highest BCUT2D eigenvalue weighted by Crippen LogP contribution is 2.43. The summed E-state index contributed by atoms with van der Waals surface area (Å²) in [4.78, 5) is 0. The van der Waals surface area contributed by atoms with E-state index in [1.165, 1.54) is 32.1 Å². The molecular formula is C13H24. The van der Waals surface area contributed by atoms with Gasteiger partial charge in [0.15, 0.2) is 0 Å². The monoisotopic (exact) mass is 180 g/mol. The molecule has 76 valence electrons. The normalized spacial score (nSPS) is 42.5. The molecule has 2 saturated carbocycles. The second-order valence-corrected chi connectivity index (χ2v) is 5.60. The molecule has 3 atom stereocenters. The fraction of sp³-hybridized carbons (Fsp3) is 1.00. The Morgan fingerprint density at radius 2 is 1.54 bits per heavy atom. The molecule has 0 aromatic rings. The van der Waals surface area contributed by atoms with Crippen LogP contribution in [-0.2, 0) is 0 Å². The summed E-state index contributed by atoms with van der Waals surface area (Å²) >= 11 is 0. The van der Waals surface area contributed by atoms with Crippen LogP contribution in [0.15, 0.2) is 0 Å². The van der Waals surface area contributed by atoms with Crippen LogP contribution in [0, 0.1) is 23.7 Å². The van der Waals surface area contributed by atoms with Crippen LogP contribution in [0.1, 0.15) is 58.8 Å². The standard InChI is InChI=1S/C13H24/c1-10-7-8-11(2)13(9-10)12-5-3-4-6-12/h10-13H,3-9H2,1-2H3. The lowest BCUT2D eigenvalue weighted by Crippen LogP contribution is -2.27. The Morgan fingerprint density at radius 1 is 0.846 bits per heavy atom. The van der Waals surface area contributed by atoms with Crippen molar-refractivity contribution in [2.75, 3.05) is 0 Å². The summed E-state index contributed by atoms with van der Waals surface area (Å²) < 4.78 is 0. The Balaban J connectivity index is 1.94. The molecule has 0 heteroatoms. The molecule has 2 rings (SSSR count). The second kappa shape index (κ2) is 4.02. The van der Waals surface area contributed by atoms with E-state index >= 15 is 0 Å². The summed E-state index contributed by atoms with van der Waals surface area (Å²) in [5, 5.41) is 0. The van der Waals surface area contributed by atoms with Gasteiger partial charge in [0.25, 0.3) is 0 Å². The minimum atomic E-state index is 1.02. The van der Waals surface area contributed by atoms with E-state index in [0.717, 1.165) is 23.7 Å². The van der Waals surface area contributed by atoms with Crippen molar-refractivity contribution in [3.8, 4) is 0 Å². The van der Waals surface area contributed by atoms with Gasteiger partial charge in [-0.15, -0.1) is 0 Å². The van der Waals surface area contributed by atoms with Gasteiger partial charge in [0, 0.05) is 0 Å². The van der Waals surface area contributed by atoms with Crippen molar-refractivity contribution >= 4 is 0 Å². The maximum absolute atomic E-state index is 2.49. The highest BCUT2D eigenvalue weighted by Gasteiger charge is 2.32. The molecular weight excluding hydrogens is 156 g/mol. The van der Waals surface area contributed by atoms with E-state index in [0.29, 0.717) is 0 Å². The first-order valence-corrected chi connectivity index (χ1v) is 6.27. The van der Waals surface area contributed by atoms with Crippen molar-refractivity contribution in [2.24, 2.45) is 23.7 Å². The maximum atomic E-state index is 2.49. The quantitative estimate of drug-likeness (QED) is 0.566. The molecule has 0 bridgehead atoms. The topological polar surface area (TPSA) is 0 Å². The average Bonchev–Trinajstić information content (AvgIpc) is 2.61. The summed E-state index contributed by atoms with van der Waals surface area (Å²) in [6.07, 6.45) is 10.6. The number of rotatable bonds is 1. The molecule has 0 N–H and O–H groups in total. The van der Waals surface area contributed by atoms with Gasteiger partial charge in [-0.3, -0.25) is 0 Å². The molecule has 0 aromatic carbocycles. The van der Waals surface area contributed by atoms with Crippen LogP contribution in [-0.4, -0.2) is 0 Å². The highest BCUT2D eigenvalue weighted by atomic mass is 14.4. The van der Waals surface area contributed by atoms with Crippen LogP contribution in [0.2, 0.25) is 0 Å². The van der Waals surface area contributed by atoms with Gasteiger partial charge in [-0.05, 0) is 30.1 Å². The summed E-state index contributed by atoms with van der Waals surface area (Å²) in [6, 6.07) is 0. The van der Waals surface area contributed by atoms with Crippen molar-refractivity contribution in [3.63, 3.8) is 0 Å². The third-order valence-corrected chi connectivity index (χ3v) is 4.53. The van der Waals surface area contributed by atoms with E-state index < -0.39 is 0 Å². The predicted octanol–water partition coefficient (Wildman–Crippen LogP) is 4.25. The third kappa shape index (κ3) is 2.08. The molecule has 0 aromatic heterocycles. The minimum absolute atomic E-state index is 1.02.